The number of benzene rings is 8. The first-order valence-corrected chi connectivity index (χ1v) is 17.4. The largest absolute Gasteiger partial charge is 0.455 e. The first kappa shape index (κ1) is 30.4. The van der Waals surface area contributed by atoms with Crippen molar-refractivity contribution < 1.29 is 4.42 Å². The molecule has 51 heavy (non-hydrogen) atoms. The Labute approximate surface area is 297 Å². The van der Waals surface area contributed by atoms with Gasteiger partial charge in [-0.25, -0.2) is 0 Å². The van der Waals surface area contributed by atoms with E-state index >= 15 is 0 Å². The number of nitrogens with zero attached hydrogens (tertiary/aromatic N) is 1. The number of furan rings is 1. The summed E-state index contributed by atoms with van der Waals surface area (Å²) < 4.78 is 6.40. The van der Waals surface area contributed by atoms with Crippen LogP contribution in [0.15, 0.2) is 193 Å². The molecule has 0 saturated heterocycles. The Balaban J connectivity index is 1.20. The summed E-state index contributed by atoms with van der Waals surface area (Å²) in [5.74, 6) is 0. The Bertz CT molecular complexity index is 2780. The van der Waals surface area contributed by atoms with Gasteiger partial charge in [0.25, 0.3) is 0 Å². The second-order valence-corrected chi connectivity index (χ2v) is 13.0. The average molecular weight is 654 g/mol. The summed E-state index contributed by atoms with van der Waals surface area (Å²) in [6, 6.07) is 56.8. The van der Waals surface area contributed by atoms with E-state index in [0.717, 1.165) is 50.1 Å². The van der Waals surface area contributed by atoms with Gasteiger partial charge in [-0.05, 0) is 98.4 Å². The van der Waals surface area contributed by atoms with Crippen molar-refractivity contribution in [3.8, 4) is 11.1 Å². The molecule has 0 unspecified atom stereocenters. The predicted octanol–water partition coefficient (Wildman–Crippen LogP) is 14.3. The number of para-hydroxylation sites is 2. The SMILES string of the molecule is C=C/C=C\C=C(/C)c1ccc(N(c2ccc(-c3cccc4c3oc3ccccc34)cc2)c2ccc3c4ccccc4c4ccccc4c3c2)cc1. The molecule has 1 heterocycles. The molecule has 0 aliphatic heterocycles. The molecule has 242 valence electrons. The quantitative estimate of drug-likeness (QED) is 0.126. The Kier molecular flexibility index (Phi) is 7.56. The molecule has 0 radical (unpaired) electrons. The van der Waals surface area contributed by atoms with Crippen LogP contribution in [0.25, 0.3) is 71.0 Å². The van der Waals surface area contributed by atoms with Gasteiger partial charge in [-0.15, -0.1) is 0 Å². The highest BCUT2D eigenvalue weighted by molar-refractivity contribution is 6.25. The van der Waals surface area contributed by atoms with Gasteiger partial charge in [0.15, 0.2) is 0 Å². The summed E-state index contributed by atoms with van der Waals surface area (Å²) in [6.07, 6.45) is 7.89. The monoisotopic (exact) mass is 653 g/mol. The van der Waals surface area contributed by atoms with Crippen LogP contribution in [0.3, 0.4) is 0 Å². The first-order valence-electron chi connectivity index (χ1n) is 17.4. The van der Waals surface area contributed by atoms with Crippen LogP contribution in [0.4, 0.5) is 17.1 Å². The van der Waals surface area contributed by atoms with E-state index in [0.29, 0.717) is 0 Å². The van der Waals surface area contributed by atoms with Crippen molar-refractivity contribution in [2.45, 2.75) is 6.92 Å². The smallest absolute Gasteiger partial charge is 0.143 e. The van der Waals surface area contributed by atoms with E-state index in [2.05, 4.69) is 170 Å². The van der Waals surface area contributed by atoms with Gasteiger partial charge in [0, 0.05) is 33.4 Å². The number of hydrogen-bond acceptors (Lipinski definition) is 2. The molecule has 0 fully saturated rings. The second kappa shape index (κ2) is 12.7. The fourth-order valence-corrected chi connectivity index (χ4v) is 7.49. The van der Waals surface area contributed by atoms with Crippen molar-refractivity contribution in [2.75, 3.05) is 4.90 Å². The van der Waals surface area contributed by atoms with E-state index in [1.165, 1.54) is 43.5 Å². The number of anilines is 3. The van der Waals surface area contributed by atoms with Crippen LogP contribution < -0.4 is 4.90 Å². The van der Waals surface area contributed by atoms with Gasteiger partial charge < -0.3 is 9.32 Å². The number of hydrogen-bond donors (Lipinski definition) is 0. The highest BCUT2D eigenvalue weighted by Gasteiger charge is 2.17. The lowest BCUT2D eigenvalue weighted by atomic mass is 9.94. The van der Waals surface area contributed by atoms with E-state index < -0.39 is 0 Å². The van der Waals surface area contributed by atoms with E-state index in [4.69, 9.17) is 4.42 Å². The maximum absolute atomic E-state index is 6.40. The first-order chi connectivity index (χ1) is 25.2. The zero-order chi connectivity index (χ0) is 34.3. The maximum atomic E-state index is 6.40. The Morgan fingerprint density at radius 1 is 0.510 bits per heavy atom. The molecule has 0 spiro atoms. The van der Waals surface area contributed by atoms with Gasteiger partial charge in [-0.2, -0.15) is 0 Å². The Hall–Kier alpha value is -6.64. The number of fused-ring (bicyclic) bond motifs is 9. The normalized spacial score (nSPS) is 12.1. The molecule has 2 nitrogen and oxygen atoms in total. The summed E-state index contributed by atoms with van der Waals surface area (Å²) in [5, 5.41) is 9.84. The Morgan fingerprint density at radius 3 is 1.73 bits per heavy atom. The predicted molar refractivity (Wildman–Crippen MR) is 219 cm³/mol. The van der Waals surface area contributed by atoms with Crippen molar-refractivity contribution in [1.82, 2.24) is 0 Å². The van der Waals surface area contributed by atoms with Crippen molar-refractivity contribution in [3.63, 3.8) is 0 Å². The van der Waals surface area contributed by atoms with Crippen LogP contribution in [-0.2, 0) is 0 Å². The molecule has 0 amide bonds. The van der Waals surface area contributed by atoms with E-state index in [1.54, 1.807) is 6.08 Å². The molecule has 0 saturated carbocycles. The van der Waals surface area contributed by atoms with Gasteiger partial charge in [-0.1, -0.05) is 146 Å². The number of allylic oxidation sites excluding steroid dienone is 5. The molecule has 1 aromatic heterocycles. The molecule has 9 aromatic rings. The lowest BCUT2D eigenvalue weighted by Gasteiger charge is -2.26. The standard InChI is InChI=1S/C49H35NO/c1-3-4-5-13-33(2)34-22-26-36(27-23-34)50(38-30-31-44-42-16-7-6-14-40(42)41-15-8-9-17-43(41)47(44)32-38)37-28-24-35(25-29-37)39-19-12-20-46-45-18-10-11-21-48(45)51-49(39)46/h3-32H,1H2,2H3/b5-4-,33-13+. The van der Waals surface area contributed by atoms with Gasteiger partial charge in [-0.3, -0.25) is 0 Å². The van der Waals surface area contributed by atoms with Gasteiger partial charge in [0.2, 0.25) is 0 Å². The van der Waals surface area contributed by atoms with Crippen LogP contribution in [-0.4, -0.2) is 0 Å². The lowest BCUT2D eigenvalue weighted by molar-refractivity contribution is 0.670. The van der Waals surface area contributed by atoms with E-state index in [9.17, 15) is 0 Å². The molecule has 2 heteroatoms. The number of rotatable bonds is 7. The molecule has 9 rings (SSSR count). The Morgan fingerprint density at radius 2 is 1.06 bits per heavy atom. The fourth-order valence-electron chi connectivity index (χ4n) is 7.49. The molecule has 0 N–H and O–H groups in total. The third-order valence-corrected chi connectivity index (χ3v) is 10.0. The van der Waals surface area contributed by atoms with Gasteiger partial charge >= 0.3 is 0 Å². The van der Waals surface area contributed by atoms with Crippen LogP contribution in [0.1, 0.15) is 12.5 Å². The molecule has 0 bridgehead atoms. The van der Waals surface area contributed by atoms with Crippen LogP contribution in [0, 0.1) is 0 Å². The summed E-state index contributed by atoms with van der Waals surface area (Å²) in [6.45, 7) is 5.93. The zero-order valence-corrected chi connectivity index (χ0v) is 28.4. The third-order valence-electron chi connectivity index (χ3n) is 10.0. The van der Waals surface area contributed by atoms with Crippen molar-refractivity contribution in [1.29, 1.82) is 0 Å². The zero-order valence-electron chi connectivity index (χ0n) is 28.4. The molecule has 0 aliphatic carbocycles. The van der Waals surface area contributed by atoms with E-state index in [-0.39, 0.29) is 0 Å². The van der Waals surface area contributed by atoms with E-state index in [1.807, 2.05) is 24.3 Å². The van der Waals surface area contributed by atoms with Crippen molar-refractivity contribution in [2.24, 2.45) is 0 Å². The minimum atomic E-state index is 0.907. The minimum Gasteiger partial charge on any atom is -0.455 e. The van der Waals surface area contributed by atoms with Crippen molar-refractivity contribution >= 4 is 76.9 Å². The summed E-state index contributed by atoms with van der Waals surface area (Å²) >= 11 is 0. The topological polar surface area (TPSA) is 16.4 Å². The van der Waals surface area contributed by atoms with Crippen LogP contribution >= 0.6 is 0 Å². The lowest BCUT2D eigenvalue weighted by Crippen LogP contribution is -2.10. The molecule has 8 aromatic carbocycles. The van der Waals surface area contributed by atoms with Crippen LogP contribution in [0.2, 0.25) is 0 Å². The summed E-state index contributed by atoms with van der Waals surface area (Å²) in [7, 11) is 0. The van der Waals surface area contributed by atoms with Crippen molar-refractivity contribution in [3.05, 3.63) is 194 Å². The summed E-state index contributed by atoms with van der Waals surface area (Å²) in [5.41, 5.74) is 9.66. The fraction of sp³-hybridized carbons (Fsp3) is 0.0204. The molecule has 0 atom stereocenters. The van der Waals surface area contributed by atoms with Gasteiger partial charge in [0.05, 0.1) is 0 Å². The molecular formula is C49H35NO. The second-order valence-electron chi connectivity index (χ2n) is 13.0. The average Bonchev–Trinajstić information content (AvgIpc) is 3.58. The highest BCUT2D eigenvalue weighted by Crippen LogP contribution is 2.42. The van der Waals surface area contributed by atoms with Gasteiger partial charge in [0.1, 0.15) is 11.2 Å². The maximum Gasteiger partial charge on any atom is 0.143 e. The molecule has 0 aliphatic rings. The summed E-state index contributed by atoms with van der Waals surface area (Å²) in [4.78, 5) is 2.36. The molecular weight excluding hydrogens is 619 g/mol. The highest BCUT2D eigenvalue weighted by atomic mass is 16.3. The minimum absolute atomic E-state index is 0.907. The third kappa shape index (κ3) is 5.29. The van der Waals surface area contributed by atoms with Crippen LogP contribution in [0.5, 0.6) is 0 Å².